The molecular weight excluding hydrogens is 917 g/mol. The van der Waals surface area contributed by atoms with E-state index >= 15 is 0 Å². The summed E-state index contributed by atoms with van der Waals surface area (Å²) in [6.07, 6.45) is 21.8. The highest BCUT2D eigenvalue weighted by Crippen LogP contribution is 2.28. The Balaban J connectivity index is 0.000000183. The smallest absolute Gasteiger partial charge is 0.410 e. The lowest BCUT2D eigenvalue weighted by Crippen LogP contribution is -2.41. The third kappa shape index (κ3) is 13.7. The van der Waals surface area contributed by atoms with Gasteiger partial charge in [-0.1, -0.05) is 27.7 Å². The number of pyridine rings is 4. The van der Waals surface area contributed by atoms with Gasteiger partial charge in [0.1, 0.15) is 17.2 Å². The molecule has 73 heavy (non-hydrogen) atoms. The van der Waals surface area contributed by atoms with Crippen molar-refractivity contribution in [1.82, 2.24) is 70.1 Å². The van der Waals surface area contributed by atoms with Crippen molar-refractivity contribution in [1.29, 1.82) is 0 Å². The van der Waals surface area contributed by atoms with Crippen molar-refractivity contribution in [3.8, 4) is 22.3 Å². The monoisotopic (exact) mass is 985 g/mol. The summed E-state index contributed by atoms with van der Waals surface area (Å²) < 4.78 is 9.55. The third-order valence-electron chi connectivity index (χ3n) is 13.5. The van der Waals surface area contributed by atoms with Crippen LogP contribution >= 0.6 is 0 Å². The van der Waals surface area contributed by atoms with Gasteiger partial charge in [-0.05, 0) is 156 Å². The van der Waals surface area contributed by atoms with Gasteiger partial charge in [-0.2, -0.15) is 20.4 Å². The zero-order valence-corrected chi connectivity index (χ0v) is 43.2. The predicted octanol–water partition coefficient (Wildman–Crippen LogP) is 10.7. The zero-order valence-electron chi connectivity index (χ0n) is 43.2. The average molecular weight is 985 g/mol. The van der Waals surface area contributed by atoms with E-state index in [2.05, 4.69) is 103 Å². The van der Waals surface area contributed by atoms with Crippen LogP contribution in [0.25, 0.3) is 44.3 Å². The number of amides is 1. The molecule has 0 bridgehead atoms. The summed E-state index contributed by atoms with van der Waals surface area (Å²) in [6, 6.07) is 15.8. The van der Waals surface area contributed by atoms with Crippen LogP contribution < -0.4 is 16.0 Å². The van der Waals surface area contributed by atoms with Gasteiger partial charge >= 0.3 is 6.09 Å². The van der Waals surface area contributed by atoms with Crippen molar-refractivity contribution in [2.75, 3.05) is 36.8 Å². The fourth-order valence-corrected chi connectivity index (χ4v) is 9.05. The molecule has 2 aliphatic heterocycles. The number of hydrogen-bond acceptors (Lipinski definition) is 15. The molecule has 8 aromatic rings. The van der Waals surface area contributed by atoms with Crippen LogP contribution in [0.5, 0.6) is 0 Å². The first kappa shape index (κ1) is 50.5. The van der Waals surface area contributed by atoms with E-state index in [0.717, 1.165) is 120 Å². The molecule has 2 aliphatic rings. The van der Waals surface area contributed by atoms with Gasteiger partial charge in [-0.25, -0.2) is 14.8 Å². The molecule has 380 valence electrons. The van der Waals surface area contributed by atoms with Gasteiger partial charge in [0, 0.05) is 73.2 Å². The van der Waals surface area contributed by atoms with E-state index in [-0.39, 0.29) is 6.09 Å². The number of aromatic nitrogens is 12. The van der Waals surface area contributed by atoms with Crippen molar-refractivity contribution < 1.29 is 9.53 Å². The molecule has 10 rings (SSSR count). The molecular formula is C55H68N16O2. The van der Waals surface area contributed by atoms with Crippen LogP contribution in [-0.4, -0.2) is 103 Å². The molecule has 8 aromatic heterocycles. The summed E-state index contributed by atoms with van der Waals surface area (Å²) in [5.74, 6) is 4.87. The third-order valence-corrected chi connectivity index (χ3v) is 13.5. The predicted molar refractivity (Wildman–Crippen MR) is 286 cm³/mol. The van der Waals surface area contributed by atoms with Crippen LogP contribution in [-0.2, 0) is 17.8 Å². The molecule has 2 fully saturated rings. The summed E-state index contributed by atoms with van der Waals surface area (Å²) in [5, 5.41) is 35.7. The fraction of sp³-hybridized carbons (Fsp3) is 0.436. The number of carbonyl (C=O) groups is 1. The molecule has 0 atom stereocenters. The maximum Gasteiger partial charge on any atom is 0.410 e. The topological polar surface area (TPSA) is 204 Å². The Morgan fingerprint density at radius 3 is 1.56 bits per heavy atom. The van der Waals surface area contributed by atoms with E-state index in [1.807, 2.05) is 102 Å². The second kappa shape index (κ2) is 22.9. The largest absolute Gasteiger partial charge is 0.444 e. The van der Waals surface area contributed by atoms with Crippen molar-refractivity contribution in [2.24, 2.45) is 11.8 Å². The Kier molecular flexibility index (Phi) is 15.9. The van der Waals surface area contributed by atoms with E-state index in [9.17, 15) is 4.79 Å². The highest BCUT2D eigenvalue weighted by molar-refractivity contribution is 5.83. The van der Waals surface area contributed by atoms with E-state index < -0.39 is 5.60 Å². The van der Waals surface area contributed by atoms with Crippen LogP contribution in [0.15, 0.2) is 98.1 Å². The summed E-state index contributed by atoms with van der Waals surface area (Å²) in [6.45, 7) is 19.8. The van der Waals surface area contributed by atoms with Crippen molar-refractivity contribution >= 4 is 51.4 Å². The molecule has 0 saturated carbocycles. The number of anilines is 4. The number of ether oxygens (including phenoxy) is 1. The quantitative estimate of drug-likeness (QED) is 0.0927. The van der Waals surface area contributed by atoms with Crippen LogP contribution in [0.2, 0.25) is 0 Å². The molecule has 3 N–H and O–H groups in total. The van der Waals surface area contributed by atoms with Crippen LogP contribution in [0, 0.1) is 11.8 Å². The lowest BCUT2D eigenvalue weighted by atomic mass is 9.94. The minimum Gasteiger partial charge on any atom is -0.444 e. The minimum absolute atomic E-state index is 0.210. The first-order valence-corrected chi connectivity index (χ1v) is 25.7. The van der Waals surface area contributed by atoms with Gasteiger partial charge in [-0.15, -0.1) is 10.2 Å². The number of rotatable bonds is 14. The van der Waals surface area contributed by atoms with E-state index in [4.69, 9.17) is 14.7 Å². The molecule has 18 nitrogen and oxygen atoms in total. The first-order chi connectivity index (χ1) is 35.3. The summed E-state index contributed by atoms with van der Waals surface area (Å²) in [4.78, 5) is 32.9. The van der Waals surface area contributed by atoms with Gasteiger partial charge in [0.15, 0.2) is 11.6 Å². The van der Waals surface area contributed by atoms with E-state index in [1.165, 1.54) is 19.3 Å². The number of nitrogens with zero attached hydrogens (tertiary/aromatic N) is 13. The maximum atomic E-state index is 12.3. The van der Waals surface area contributed by atoms with Gasteiger partial charge in [0.05, 0.1) is 46.9 Å². The Labute approximate surface area is 427 Å². The second-order valence-electron chi connectivity index (χ2n) is 20.9. The minimum atomic E-state index is -0.462. The van der Waals surface area contributed by atoms with E-state index in [0.29, 0.717) is 41.0 Å². The Morgan fingerprint density at radius 2 is 1.10 bits per heavy atom. The van der Waals surface area contributed by atoms with Crippen molar-refractivity contribution in [3.05, 3.63) is 109 Å². The molecule has 1 amide bonds. The van der Waals surface area contributed by atoms with Crippen LogP contribution in [0.3, 0.4) is 0 Å². The number of hydrogen-bond donors (Lipinski definition) is 3. The number of carbonyl (C=O) groups excluding carboxylic acids is 1. The second-order valence-corrected chi connectivity index (χ2v) is 20.9. The Hall–Kier alpha value is -7.47. The molecule has 0 aliphatic carbocycles. The number of fused-ring (bicyclic) bond motifs is 2. The van der Waals surface area contributed by atoms with Crippen molar-refractivity contribution in [3.63, 3.8) is 0 Å². The van der Waals surface area contributed by atoms with Gasteiger partial charge < -0.3 is 25.6 Å². The SMILES string of the molecule is CC(C)c1cnnc(Nc2ccc3ncc(-c4cnn(CCC5CCN(C(=O)OC(C)(C)C)CC5)c4)cc3n2)c1.CC(C)c1cnnc(Nc2ccc3ncc(-c4cnn(CCC5CCNCC5)c4)cc3n2)c1. The fourth-order valence-electron chi connectivity index (χ4n) is 9.05. The summed E-state index contributed by atoms with van der Waals surface area (Å²) in [5.41, 5.74) is 9.13. The summed E-state index contributed by atoms with van der Waals surface area (Å²) >= 11 is 0. The van der Waals surface area contributed by atoms with Crippen LogP contribution in [0.4, 0.5) is 28.1 Å². The molecule has 18 heteroatoms. The molecule has 0 radical (unpaired) electrons. The number of nitrogens with one attached hydrogen (secondary N) is 3. The maximum absolute atomic E-state index is 12.3. The number of piperidine rings is 2. The standard InChI is InChI=1S/C30H38N8O2.C25H30N8/c1-20(2)22-15-28(36-32-17-22)35-27-7-6-25-26(34-27)14-23(16-31-25)24-18-33-38(19-24)13-10-21-8-11-37(12-9-21)29(39)40-30(3,4)5;1-17(2)19-12-25(32-28-14-19)31-24-4-3-22-23(30-24)11-20(13-27-22)21-15-29-33(16-21)10-7-18-5-8-26-9-6-18/h6-7,14-21H,8-13H2,1-5H3,(H,34,35,36);3-4,11-18,26H,5-10H2,1-2H3,(H,30,31,32). The first-order valence-electron chi connectivity index (χ1n) is 25.7. The normalized spacial score (nSPS) is 14.7. The Bertz CT molecular complexity index is 3110. The zero-order chi connectivity index (χ0) is 50.9. The molecule has 10 heterocycles. The molecule has 0 spiro atoms. The molecule has 2 saturated heterocycles. The molecule has 0 aromatic carbocycles. The average Bonchev–Trinajstić information content (AvgIpc) is 4.08. The van der Waals surface area contributed by atoms with Gasteiger partial charge in [-0.3, -0.25) is 19.3 Å². The Morgan fingerprint density at radius 1 is 0.616 bits per heavy atom. The van der Waals surface area contributed by atoms with Gasteiger partial charge in [0.2, 0.25) is 0 Å². The molecule has 0 unspecified atom stereocenters. The lowest BCUT2D eigenvalue weighted by Gasteiger charge is -2.33. The summed E-state index contributed by atoms with van der Waals surface area (Å²) in [7, 11) is 0. The van der Waals surface area contributed by atoms with Gasteiger partial charge in [0.25, 0.3) is 0 Å². The highest BCUT2D eigenvalue weighted by Gasteiger charge is 2.27. The highest BCUT2D eigenvalue weighted by atomic mass is 16.6. The number of likely N-dealkylation sites (tertiary alicyclic amines) is 1. The number of aryl methyl sites for hydroxylation is 2. The lowest BCUT2D eigenvalue weighted by molar-refractivity contribution is 0.0179. The van der Waals surface area contributed by atoms with Crippen molar-refractivity contribution in [2.45, 2.75) is 118 Å². The van der Waals surface area contributed by atoms with E-state index in [1.54, 1.807) is 12.4 Å². The van der Waals surface area contributed by atoms with Crippen LogP contribution in [0.1, 0.15) is 110 Å².